The van der Waals surface area contributed by atoms with Crippen LogP contribution in [0.5, 0.6) is 0 Å². The molecular weight excluding hydrogens is 317 g/mol. The number of halogens is 1. The van der Waals surface area contributed by atoms with Crippen LogP contribution in [0, 0.1) is 5.82 Å². The number of thiazole rings is 1. The number of nitrogens with one attached hydrogen (secondary N) is 1. The van der Waals surface area contributed by atoms with Crippen molar-refractivity contribution in [2.75, 3.05) is 18.5 Å². The van der Waals surface area contributed by atoms with E-state index in [1.807, 2.05) is 4.90 Å². The number of likely N-dealkylation sites (tertiary alicyclic amines) is 1. The number of rotatable bonds is 4. The van der Waals surface area contributed by atoms with Crippen molar-refractivity contribution < 1.29 is 14.3 Å². The minimum absolute atomic E-state index is 0.0361. The summed E-state index contributed by atoms with van der Waals surface area (Å²) in [6.45, 7) is 2.38. The average molecular weight is 337 g/mol. The smallest absolute Gasteiger partial charge is 0.240 e. The summed E-state index contributed by atoms with van der Waals surface area (Å²) in [6.07, 6.45) is 3.02. The highest BCUT2D eigenvalue weighted by Gasteiger charge is 2.29. The number of hydrogen-bond donors (Lipinski definition) is 2. The summed E-state index contributed by atoms with van der Waals surface area (Å²) in [7, 11) is 0. The van der Waals surface area contributed by atoms with Crippen LogP contribution in [0.1, 0.15) is 26.2 Å². The van der Waals surface area contributed by atoms with E-state index in [4.69, 9.17) is 0 Å². The lowest BCUT2D eigenvalue weighted by molar-refractivity contribution is -0.119. The molecule has 1 aliphatic rings. The highest BCUT2D eigenvalue weighted by atomic mass is 32.1. The molecule has 0 aliphatic carbocycles. The first kappa shape index (κ1) is 16.3. The van der Waals surface area contributed by atoms with E-state index >= 15 is 0 Å². The van der Waals surface area contributed by atoms with Gasteiger partial charge in [-0.2, -0.15) is 0 Å². The molecule has 2 aromatic rings. The number of carbonyl (C=O) groups is 1. The summed E-state index contributed by atoms with van der Waals surface area (Å²) in [6, 6.07) is 4.68. The van der Waals surface area contributed by atoms with Crippen LogP contribution in [0.4, 0.5) is 9.52 Å². The summed E-state index contributed by atoms with van der Waals surface area (Å²) in [4.78, 5) is 18.6. The van der Waals surface area contributed by atoms with Crippen LogP contribution in [-0.4, -0.2) is 46.1 Å². The molecule has 2 unspecified atom stereocenters. The Morgan fingerprint density at radius 1 is 1.52 bits per heavy atom. The number of amides is 1. The fourth-order valence-electron chi connectivity index (χ4n) is 3.10. The number of fused-ring (bicyclic) bond motifs is 1. The van der Waals surface area contributed by atoms with Gasteiger partial charge in [-0.3, -0.25) is 9.69 Å². The lowest BCUT2D eigenvalue weighted by atomic mass is 9.97. The molecule has 1 saturated heterocycles. The second-order valence-corrected chi connectivity index (χ2v) is 7.00. The van der Waals surface area contributed by atoms with E-state index in [0.717, 1.165) is 19.3 Å². The monoisotopic (exact) mass is 337 g/mol. The molecule has 1 aromatic heterocycles. The molecule has 3 rings (SSSR count). The first-order chi connectivity index (χ1) is 11.1. The van der Waals surface area contributed by atoms with Crippen molar-refractivity contribution in [3.63, 3.8) is 0 Å². The van der Waals surface area contributed by atoms with Crippen LogP contribution in [0.2, 0.25) is 0 Å². The number of benzene rings is 1. The molecule has 2 atom stereocenters. The average Bonchev–Trinajstić information content (AvgIpc) is 2.90. The minimum atomic E-state index is -0.313. The number of nitrogens with zero attached hydrogens (tertiary/aromatic N) is 2. The summed E-state index contributed by atoms with van der Waals surface area (Å²) >= 11 is 1.26. The van der Waals surface area contributed by atoms with E-state index in [1.165, 1.54) is 23.5 Å². The van der Waals surface area contributed by atoms with Gasteiger partial charge in [0, 0.05) is 12.1 Å². The molecule has 0 saturated carbocycles. The van der Waals surface area contributed by atoms with Gasteiger partial charge in [-0.05, 0) is 38.0 Å². The van der Waals surface area contributed by atoms with Gasteiger partial charge in [-0.1, -0.05) is 17.8 Å². The molecule has 23 heavy (non-hydrogen) atoms. The van der Waals surface area contributed by atoms with Gasteiger partial charge < -0.3 is 10.4 Å². The molecule has 7 heteroatoms. The van der Waals surface area contributed by atoms with Crippen LogP contribution >= 0.6 is 11.3 Å². The van der Waals surface area contributed by atoms with Crippen molar-refractivity contribution in [1.29, 1.82) is 0 Å². The fraction of sp³-hybridized carbons (Fsp3) is 0.500. The number of carbonyl (C=O) groups excluding carboxylic acids is 1. The minimum Gasteiger partial charge on any atom is -0.395 e. The first-order valence-electron chi connectivity index (χ1n) is 7.79. The van der Waals surface area contributed by atoms with Crippen molar-refractivity contribution in [2.24, 2.45) is 0 Å². The second kappa shape index (κ2) is 6.90. The molecule has 1 aromatic carbocycles. The van der Waals surface area contributed by atoms with Gasteiger partial charge >= 0.3 is 0 Å². The Kier molecular flexibility index (Phi) is 4.89. The van der Waals surface area contributed by atoms with Crippen molar-refractivity contribution in [3.8, 4) is 0 Å². The molecule has 0 bridgehead atoms. The number of aliphatic hydroxyl groups is 1. The van der Waals surface area contributed by atoms with E-state index in [0.29, 0.717) is 15.3 Å². The summed E-state index contributed by atoms with van der Waals surface area (Å²) in [5, 5.41) is 12.7. The Labute approximate surface area is 138 Å². The molecule has 2 heterocycles. The van der Waals surface area contributed by atoms with Crippen molar-refractivity contribution in [2.45, 2.75) is 38.3 Å². The summed E-state index contributed by atoms with van der Waals surface area (Å²) in [5.74, 6) is -0.469. The first-order valence-corrected chi connectivity index (χ1v) is 8.61. The predicted molar refractivity (Wildman–Crippen MR) is 89.1 cm³/mol. The van der Waals surface area contributed by atoms with Gasteiger partial charge in [-0.25, -0.2) is 9.37 Å². The standard InChI is InChI=1S/C16H20FN3O2S/c1-10-3-2-4-12(9-21)20(10)8-15(22)19-16-18-13-6-5-11(17)7-14(13)23-16/h5-7,10,12,21H,2-4,8-9H2,1H3,(H,18,19,22). The maximum atomic E-state index is 13.2. The Bertz CT molecular complexity index is 706. The highest BCUT2D eigenvalue weighted by Crippen LogP contribution is 2.27. The number of aliphatic hydroxyl groups excluding tert-OH is 1. The topological polar surface area (TPSA) is 65.5 Å². The van der Waals surface area contributed by atoms with Crippen molar-refractivity contribution in [1.82, 2.24) is 9.88 Å². The largest absolute Gasteiger partial charge is 0.395 e. The third-order valence-corrected chi connectivity index (χ3v) is 5.26. The zero-order valence-electron chi connectivity index (χ0n) is 13.0. The van der Waals surface area contributed by atoms with E-state index in [2.05, 4.69) is 17.2 Å². The summed E-state index contributed by atoms with van der Waals surface area (Å²) < 4.78 is 13.9. The summed E-state index contributed by atoms with van der Waals surface area (Å²) in [5.41, 5.74) is 0.672. The Morgan fingerprint density at radius 2 is 2.35 bits per heavy atom. The number of anilines is 1. The third-order valence-electron chi connectivity index (χ3n) is 4.33. The molecule has 5 nitrogen and oxygen atoms in total. The van der Waals surface area contributed by atoms with Gasteiger partial charge in [-0.15, -0.1) is 0 Å². The van der Waals surface area contributed by atoms with Crippen molar-refractivity contribution >= 4 is 32.6 Å². The van der Waals surface area contributed by atoms with Gasteiger partial charge in [0.1, 0.15) is 5.82 Å². The normalized spacial score (nSPS) is 22.4. The molecule has 1 aliphatic heterocycles. The Balaban J connectivity index is 1.67. The van der Waals surface area contributed by atoms with Crippen LogP contribution in [-0.2, 0) is 4.79 Å². The zero-order valence-corrected chi connectivity index (χ0v) is 13.8. The van der Waals surface area contributed by atoms with Gasteiger partial charge in [0.05, 0.1) is 23.4 Å². The molecule has 2 N–H and O–H groups in total. The number of piperidine rings is 1. The quantitative estimate of drug-likeness (QED) is 0.900. The Morgan fingerprint density at radius 3 is 3.13 bits per heavy atom. The molecule has 124 valence electrons. The van der Waals surface area contributed by atoms with Crippen LogP contribution < -0.4 is 5.32 Å². The van der Waals surface area contributed by atoms with Gasteiger partial charge in [0.25, 0.3) is 0 Å². The zero-order chi connectivity index (χ0) is 16.4. The van der Waals surface area contributed by atoms with E-state index < -0.39 is 0 Å². The fourth-order valence-corrected chi connectivity index (χ4v) is 4.00. The highest BCUT2D eigenvalue weighted by molar-refractivity contribution is 7.22. The van der Waals surface area contributed by atoms with Crippen LogP contribution in [0.15, 0.2) is 18.2 Å². The molecule has 1 amide bonds. The Hall–Kier alpha value is -1.57. The van der Waals surface area contributed by atoms with E-state index in [-0.39, 0.29) is 37.0 Å². The lowest BCUT2D eigenvalue weighted by Gasteiger charge is -2.39. The molecular formula is C16H20FN3O2S. The van der Waals surface area contributed by atoms with Crippen LogP contribution in [0.3, 0.4) is 0 Å². The van der Waals surface area contributed by atoms with E-state index in [9.17, 15) is 14.3 Å². The van der Waals surface area contributed by atoms with Gasteiger partial charge in [0.2, 0.25) is 5.91 Å². The van der Waals surface area contributed by atoms with Crippen molar-refractivity contribution in [3.05, 3.63) is 24.0 Å². The maximum Gasteiger partial charge on any atom is 0.240 e. The van der Waals surface area contributed by atoms with Gasteiger partial charge in [0.15, 0.2) is 5.13 Å². The SMILES string of the molecule is CC1CCCC(CO)N1CC(=O)Nc1nc2ccc(F)cc2s1. The van der Waals surface area contributed by atoms with E-state index in [1.54, 1.807) is 6.07 Å². The second-order valence-electron chi connectivity index (χ2n) is 5.97. The molecule has 0 radical (unpaired) electrons. The molecule has 0 spiro atoms. The number of aromatic nitrogens is 1. The lowest BCUT2D eigenvalue weighted by Crippen LogP contribution is -2.50. The maximum absolute atomic E-state index is 13.2. The molecule has 1 fully saturated rings. The predicted octanol–water partition coefficient (Wildman–Crippen LogP) is 2.61. The third kappa shape index (κ3) is 3.68. The number of hydrogen-bond acceptors (Lipinski definition) is 5. The van der Waals surface area contributed by atoms with Crippen LogP contribution in [0.25, 0.3) is 10.2 Å².